The Balaban J connectivity index is 2.07. The van der Waals surface area contributed by atoms with Crippen LogP contribution in [0.2, 0.25) is 0 Å². The maximum atomic E-state index is 13.6. The number of nitrogens with two attached hydrogens (primary N) is 1. The van der Waals surface area contributed by atoms with E-state index in [1.807, 2.05) is 6.07 Å². The summed E-state index contributed by atoms with van der Waals surface area (Å²) in [6.45, 7) is 4.07. The van der Waals surface area contributed by atoms with Crippen molar-refractivity contribution in [2.24, 2.45) is 5.73 Å². The Morgan fingerprint density at radius 2 is 2.00 bits per heavy atom. The lowest BCUT2D eigenvalue weighted by molar-refractivity contribution is 0.141. The largest absolute Gasteiger partial charge is 0.328 e. The number of hydrogen-bond acceptors (Lipinski definition) is 2. The first-order valence-corrected chi connectivity index (χ1v) is 8.33. The van der Waals surface area contributed by atoms with Crippen molar-refractivity contribution in [3.05, 3.63) is 34.1 Å². The van der Waals surface area contributed by atoms with Gasteiger partial charge in [0.2, 0.25) is 0 Å². The lowest BCUT2D eigenvalue weighted by Gasteiger charge is -2.36. The Kier molecular flexibility index (Phi) is 6.00. The van der Waals surface area contributed by atoms with Crippen LogP contribution in [0.5, 0.6) is 0 Å². The molecule has 2 rings (SSSR count). The smallest absolute Gasteiger partial charge is 0.137 e. The summed E-state index contributed by atoms with van der Waals surface area (Å²) in [4.78, 5) is 2.49. The molecule has 2 nitrogen and oxygen atoms in total. The monoisotopic (exact) mass is 342 g/mol. The van der Waals surface area contributed by atoms with E-state index in [0.717, 1.165) is 50.8 Å². The van der Waals surface area contributed by atoms with Crippen LogP contribution in [0, 0.1) is 5.82 Å². The van der Waals surface area contributed by atoms with Gasteiger partial charge in [0.1, 0.15) is 5.82 Å². The highest BCUT2D eigenvalue weighted by Gasteiger charge is 2.24. The SMILES string of the molecule is CCCN(Cc1cccc(F)c1Br)C1CCC(N)CC1. The molecule has 0 unspecified atom stereocenters. The van der Waals surface area contributed by atoms with E-state index in [1.165, 1.54) is 6.07 Å². The summed E-state index contributed by atoms with van der Waals surface area (Å²) >= 11 is 3.37. The summed E-state index contributed by atoms with van der Waals surface area (Å²) < 4.78 is 14.2. The van der Waals surface area contributed by atoms with E-state index >= 15 is 0 Å². The Morgan fingerprint density at radius 3 is 2.65 bits per heavy atom. The van der Waals surface area contributed by atoms with E-state index in [0.29, 0.717) is 16.6 Å². The van der Waals surface area contributed by atoms with Gasteiger partial charge in [-0.2, -0.15) is 0 Å². The van der Waals surface area contributed by atoms with Gasteiger partial charge in [-0.25, -0.2) is 4.39 Å². The van der Waals surface area contributed by atoms with Gasteiger partial charge >= 0.3 is 0 Å². The molecule has 0 atom stereocenters. The molecule has 0 radical (unpaired) electrons. The van der Waals surface area contributed by atoms with Crippen molar-refractivity contribution in [3.8, 4) is 0 Å². The fourth-order valence-electron chi connectivity index (χ4n) is 3.03. The molecule has 112 valence electrons. The topological polar surface area (TPSA) is 29.3 Å². The molecule has 0 aliphatic heterocycles. The van der Waals surface area contributed by atoms with Gasteiger partial charge in [0.15, 0.2) is 0 Å². The zero-order valence-electron chi connectivity index (χ0n) is 12.1. The van der Waals surface area contributed by atoms with Crippen LogP contribution >= 0.6 is 15.9 Å². The zero-order chi connectivity index (χ0) is 14.5. The van der Waals surface area contributed by atoms with Crippen LogP contribution in [0.15, 0.2) is 22.7 Å². The summed E-state index contributed by atoms with van der Waals surface area (Å²) in [5.74, 6) is -0.176. The lowest BCUT2D eigenvalue weighted by Crippen LogP contribution is -2.41. The molecule has 1 aromatic carbocycles. The first-order valence-electron chi connectivity index (χ1n) is 7.54. The Morgan fingerprint density at radius 1 is 1.30 bits per heavy atom. The summed E-state index contributed by atoms with van der Waals surface area (Å²) in [6.07, 6.45) is 5.65. The van der Waals surface area contributed by atoms with Crippen LogP contribution in [0.3, 0.4) is 0 Å². The van der Waals surface area contributed by atoms with Crippen molar-refractivity contribution in [2.75, 3.05) is 6.54 Å². The number of benzene rings is 1. The maximum absolute atomic E-state index is 13.6. The van der Waals surface area contributed by atoms with Crippen molar-refractivity contribution in [2.45, 2.75) is 57.7 Å². The van der Waals surface area contributed by atoms with Crippen LogP contribution in [0.25, 0.3) is 0 Å². The fraction of sp³-hybridized carbons (Fsp3) is 0.625. The van der Waals surface area contributed by atoms with Crippen molar-refractivity contribution >= 4 is 15.9 Å². The van der Waals surface area contributed by atoms with Gasteiger partial charge in [-0.3, -0.25) is 4.90 Å². The standard InChI is InChI=1S/C16H24BrFN2/c1-2-10-20(14-8-6-13(19)7-9-14)11-12-4-3-5-15(18)16(12)17/h3-5,13-14H,2,6-11,19H2,1H3. The number of halogens is 2. The second kappa shape index (κ2) is 7.53. The second-order valence-corrected chi connectivity index (χ2v) is 6.55. The maximum Gasteiger partial charge on any atom is 0.137 e. The van der Waals surface area contributed by atoms with Crippen molar-refractivity contribution in [1.29, 1.82) is 0 Å². The number of nitrogens with zero attached hydrogens (tertiary/aromatic N) is 1. The lowest BCUT2D eigenvalue weighted by atomic mass is 9.90. The minimum atomic E-state index is -0.176. The van der Waals surface area contributed by atoms with Gasteiger partial charge < -0.3 is 5.73 Å². The quantitative estimate of drug-likeness (QED) is 0.873. The molecule has 0 aromatic heterocycles. The van der Waals surface area contributed by atoms with Crippen molar-refractivity contribution < 1.29 is 4.39 Å². The molecule has 1 fully saturated rings. The molecule has 4 heteroatoms. The zero-order valence-corrected chi connectivity index (χ0v) is 13.7. The first kappa shape index (κ1) is 15.9. The van der Waals surface area contributed by atoms with E-state index in [-0.39, 0.29) is 5.82 Å². The van der Waals surface area contributed by atoms with Gasteiger partial charge in [-0.05, 0) is 66.2 Å². The van der Waals surface area contributed by atoms with Gasteiger partial charge in [0, 0.05) is 18.6 Å². The predicted octanol–water partition coefficient (Wildman–Crippen LogP) is 4.07. The number of hydrogen-bond donors (Lipinski definition) is 1. The molecule has 0 saturated heterocycles. The highest BCUT2D eigenvalue weighted by atomic mass is 79.9. The molecule has 1 aliphatic carbocycles. The third-order valence-electron chi connectivity index (χ3n) is 4.17. The van der Waals surface area contributed by atoms with Crippen molar-refractivity contribution in [3.63, 3.8) is 0 Å². The second-order valence-electron chi connectivity index (χ2n) is 5.75. The van der Waals surface area contributed by atoms with E-state index in [4.69, 9.17) is 5.73 Å². The molecule has 1 saturated carbocycles. The highest BCUT2D eigenvalue weighted by Crippen LogP contribution is 2.27. The molecule has 0 heterocycles. The summed E-state index contributed by atoms with van der Waals surface area (Å²) in [5.41, 5.74) is 7.03. The molecular formula is C16H24BrFN2. The summed E-state index contributed by atoms with van der Waals surface area (Å²) in [6, 6.07) is 6.25. The van der Waals surface area contributed by atoms with E-state index < -0.39 is 0 Å². The van der Waals surface area contributed by atoms with Crippen LogP contribution in [0.1, 0.15) is 44.6 Å². The van der Waals surface area contributed by atoms with Gasteiger partial charge in [-0.1, -0.05) is 19.1 Å². The molecule has 0 spiro atoms. The summed E-state index contributed by atoms with van der Waals surface area (Å²) in [5, 5.41) is 0. The Labute approximate surface area is 129 Å². The average molecular weight is 343 g/mol. The van der Waals surface area contributed by atoms with Crippen LogP contribution in [-0.4, -0.2) is 23.5 Å². The Hall–Kier alpha value is -0.450. The van der Waals surface area contributed by atoms with E-state index in [1.54, 1.807) is 6.07 Å². The Bertz CT molecular complexity index is 430. The number of rotatable bonds is 5. The molecule has 0 amide bonds. The molecule has 0 bridgehead atoms. The van der Waals surface area contributed by atoms with Gasteiger partial charge in [0.25, 0.3) is 0 Å². The van der Waals surface area contributed by atoms with Crippen LogP contribution in [-0.2, 0) is 6.54 Å². The molecular weight excluding hydrogens is 319 g/mol. The molecule has 2 N–H and O–H groups in total. The highest BCUT2D eigenvalue weighted by molar-refractivity contribution is 9.10. The van der Waals surface area contributed by atoms with Crippen molar-refractivity contribution in [1.82, 2.24) is 4.90 Å². The van der Waals surface area contributed by atoms with Gasteiger partial charge in [0.05, 0.1) is 4.47 Å². The van der Waals surface area contributed by atoms with Crippen LogP contribution in [0.4, 0.5) is 4.39 Å². The third-order valence-corrected chi connectivity index (χ3v) is 5.06. The predicted molar refractivity (Wildman–Crippen MR) is 85.0 cm³/mol. The normalized spacial score (nSPS) is 23.2. The summed E-state index contributed by atoms with van der Waals surface area (Å²) in [7, 11) is 0. The molecule has 20 heavy (non-hydrogen) atoms. The van der Waals surface area contributed by atoms with Crippen LogP contribution < -0.4 is 5.73 Å². The van der Waals surface area contributed by atoms with E-state index in [2.05, 4.69) is 27.8 Å². The molecule has 1 aromatic rings. The minimum Gasteiger partial charge on any atom is -0.328 e. The first-order chi connectivity index (χ1) is 9.61. The molecule has 1 aliphatic rings. The minimum absolute atomic E-state index is 0.176. The average Bonchev–Trinajstić information content (AvgIpc) is 2.44. The van der Waals surface area contributed by atoms with Gasteiger partial charge in [-0.15, -0.1) is 0 Å². The third kappa shape index (κ3) is 4.03. The fourth-order valence-corrected chi connectivity index (χ4v) is 3.42. The van der Waals surface area contributed by atoms with E-state index in [9.17, 15) is 4.39 Å².